The number of rotatable bonds is 0. The number of hydrogen-bond acceptors (Lipinski definition) is 2. The largest absolute Gasteiger partial charge is 0.372 e. The summed E-state index contributed by atoms with van der Waals surface area (Å²) < 4.78 is 6.64. The van der Waals surface area contributed by atoms with E-state index in [1.54, 1.807) is 0 Å². The molecule has 3 saturated carbocycles. The van der Waals surface area contributed by atoms with Gasteiger partial charge in [0.05, 0.1) is 12.2 Å². The molecule has 5 aliphatic rings. The molecule has 2 aliphatic heterocycles. The van der Waals surface area contributed by atoms with Gasteiger partial charge in [-0.25, -0.2) is 0 Å². The Kier molecular flexibility index (Phi) is 2.93. The molecular formula is C18H29NO. The van der Waals surface area contributed by atoms with Gasteiger partial charge in [-0.05, 0) is 50.4 Å². The van der Waals surface area contributed by atoms with Gasteiger partial charge in [-0.3, -0.25) is 4.90 Å². The average Bonchev–Trinajstić information content (AvgIpc) is 2.85. The fourth-order valence-electron chi connectivity index (χ4n) is 6.70. The summed E-state index contributed by atoms with van der Waals surface area (Å²) in [6.45, 7) is 0. The molecule has 0 N–H and O–H groups in total. The Morgan fingerprint density at radius 2 is 1.30 bits per heavy atom. The maximum atomic E-state index is 6.64. The van der Waals surface area contributed by atoms with Crippen LogP contribution in [0.1, 0.15) is 70.6 Å². The first kappa shape index (κ1) is 12.5. The second-order valence-electron chi connectivity index (χ2n) is 8.11. The van der Waals surface area contributed by atoms with Crippen molar-refractivity contribution in [3.8, 4) is 0 Å². The van der Waals surface area contributed by atoms with Gasteiger partial charge < -0.3 is 4.74 Å². The monoisotopic (exact) mass is 275 g/mol. The van der Waals surface area contributed by atoms with E-state index in [2.05, 4.69) is 4.90 Å². The van der Waals surface area contributed by atoms with Gasteiger partial charge >= 0.3 is 0 Å². The van der Waals surface area contributed by atoms with Gasteiger partial charge in [0.15, 0.2) is 0 Å². The lowest BCUT2D eigenvalue weighted by Crippen LogP contribution is -2.63. The van der Waals surface area contributed by atoms with Crippen LogP contribution in [-0.2, 0) is 4.74 Å². The first-order chi connectivity index (χ1) is 9.93. The van der Waals surface area contributed by atoms with E-state index in [1.807, 2.05) is 0 Å². The molecule has 2 nitrogen and oxygen atoms in total. The highest BCUT2D eigenvalue weighted by Crippen LogP contribution is 2.54. The molecule has 5 fully saturated rings. The number of fused-ring (bicyclic) bond motifs is 5. The van der Waals surface area contributed by atoms with Gasteiger partial charge in [0.1, 0.15) is 0 Å². The second-order valence-corrected chi connectivity index (χ2v) is 8.11. The summed E-state index contributed by atoms with van der Waals surface area (Å²) in [5.74, 6) is 2.02. The van der Waals surface area contributed by atoms with E-state index in [0.29, 0.717) is 12.2 Å². The van der Waals surface area contributed by atoms with Crippen LogP contribution in [0, 0.1) is 11.8 Å². The summed E-state index contributed by atoms with van der Waals surface area (Å²) in [7, 11) is 0. The lowest BCUT2D eigenvalue weighted by Gasteiger charge is -2.53. The fraction of sp³-hybridized carbons (Fsp3) is 1.00. The number of hydrogen-bond donors (Lipinski definition) is 0. The molecule has 0 amide bonds. The smallest absolute Gasteiger partial charge is 0.0737 e. The molecule has 2 heteroatoms. The predicted octanol–water partition coefficient (Wildman–Crippen LogP) is 3.74. The fourth-order valence-corrected chi connectivity index (χ4v) is 6.70. The van der Waals surface area contributed by atoms with Crippen LogP contribution in [0.5, 0.6) is 0 Å². The third-order valence-corrected chi connectivity index (χ3v) is 7.30. The summed E-state index contributed by atoms with van der Waals surface area (Å²) in [6, 6.07) is 2.55. The molecule has 7 atom stereocenters. The first-order valence-corrected chi connectivity index (χ1v) is 9.36. The summed E-state index contributed by atoms with van der Waals surface area (Å²) in [5.41, 5.74) is 0. The highest BCUT2D eigenvalue weighted by atomic mass is 16.5. The van der Waals surface area contributed by atoms with E-state index < -0.39 is 0 Å². The van der Waals surface area contributed by atoms with E-state index in [0.717, 1.165) is 30.0 Å². The van der Waals surface area contributed by atoms with Crippen molar-refractivity contribution < 1.29 is 4.74 Å². The van der Waals surface area contributed by atoms with Crippen LogP contribution in [0.4, 0.5) is 0 Å². The van der Waals surface area contributed by atoms with Crippen LogP contribution in [0.25, 0.3) is 0 Å². The molecule has 0 bridgehead atoms. The zero-order chi connectivity index (χ0) is 13.1. The summed E-state index contributed by atoms with van der Waals surface area (Å²) in [6.07, 6.45) is 17.1. The van der Waals surface area contributed by atoms with Gasteiger partial charge in [-0.1, -0.05) is 32.1 Å². The van der Waals surface area contributed by atoms with E-state index in [9.17, 15) is 0 Å². The third-order valence-electron chi connectivity index (χ3n) is 7.30. The molecule has 2 saturated heterocycles. The Labute approximate surface area is 123 Å². The van der Waals surface area contributed by atoms with Crippen molar-refractivity contribution in [2.75, 3.05) is 0 Å². The predicted molar refractivity (Wildman–Crippen MR) is 79.6 cm³/mol. The Balaban J connectivity index is 1.53. The minimum atomic E-state index is 0.587. The zero-order valence-corrected chi connectivity index (χ0v) is 12.7. The molecule has 0 aromatic rings. The molecule has 20 heavy (non-hydrogen) atoms. The van der Waals surface area contributed by atoms with Crippen LogP contribution in [0.2, 0.25) is 0 Å². The van der Waals surface area contributed by atoms with Crippen molar-refractivity contribution >= 4 is 0 Å². The van der Waals surface area contributed by atoms with Crippen LogP contribution < -0.4 is 0 Å². The van der Waals surface area contributed by atoms with Crippen molar-refractivity contribution in [2.45, 2.75) is 101 Å². The summed E-state index contributed by atoms with van der Waals surface area (Å²) in [4.78, 5) is 3.06. The maximum absolute atomic E-state index is 6.64. The number of ether oxygens (including phenoxy) is 1. The van der Waals surface area contributed by atoms with E-state index >= 15 is 0 Å². The van der Waals surface area contributed by atoms with Crippen molar-refractivity contribution in [1.29, 1.82) is 0 Å². The van der Waals surface area contributed by atoms with E-state index in [4.69, 9.17) is 4.74 Å². The third kappa shape index (κ3) is 1.64. The average molecular weight is 275 g/mol. The molecular weight excluding hydrogens is 246 g/mol. The van der Waals surface area contributed by atoms with Gasteiger partial charge in [-0.2, -0.15) is 0 Å². The topological polar surface area (TPSA) is 12.5 Å². The lowest BCUT2D eigenvalue weighted by atomic mass is 9.72. The van der Waals surface area contributed by atoms with Crippen molar-refractivity contribution in [2.24, 2.45) is 11.8 Å². The van der Waals surface area contributed by atoms with Crippen molar-refractivity contribution in [1.82, 2.24) is 4.90 Å². The minimum absolute atomic E-state index is 0.587. The SMILES string of the molecule is C1CCC2C(C1)OC1CCCC3C4CCCCC4N2C13. The molecule has 3 aliphatic carbocycles. The molecule has 112 valence electrons. The maximum Gasteiger partial charge on any atom is 0.0737 e. The standard InChI is InChI=1S/C18H29NO/c1-2-8-14-12(6-1)13-7-5-11-17-18(13)19(14)15-9-3-4-10-16(15)20-17/h12-18H,1-11H2. The quantitative estimate of drug-likeness (QED) is 0.668. The van der Waals surface area contributed by atoms with Crippen LogP contribution in [0.15, 0.2) is 0 Å². The van der Waals surface area contributed by atoms with Gasteiger partial charge in [-0.15, -0.1) is 0 Å². The molecule has 0 aromatic carbocycles. The molecule has 0 spiro atoms. The minimum Gasteiger partial charge on any atom is -0.372 e. The molecule has 0 aromatic heterocycles. The summed E-state index contributed by atoms with van der Waals surface area (Å²) >= 11 is 0. The van der Waals surface area contributed by atoms with Crippen LogP contribution >= 0.6 is 0 Å². The Hall–Kier alpha value is -0.0800. The second kappa shape index (κ2) is 4.71. The normalized spacial score (nSPS) is 54.9. The molecule has 2 heterocycles. The van der Waals surface area contributed by atoms with Gasteiger partial charge in [0, 0.05) is 18.1 Å². The molecule has 0 radical (unpaired) electrons. The van der Waals surface area contributed by atoms with E-state index in [-0.39, 0.29) is 0 Å². The van der Waals surface area contributed by atoms with Crippen LogP contribution in [0.3, 0.4) is 0 Å². The van der Waals surface area contributed by atoms with Crippen molar-refractivity contribution in [3.05, 3.63) is 0 Å². The van der Waals surface area contributed by atoms with E-state index in [1.165, 1.54) is 70.6 Å². The Bertz CT molecular complexity index is 384. The highest BCUT2D eigenvalue weighted by Gasteiger charge is 2.58. The van der Waals surface area contributed by atoms with Gasteiger partial charge in [0.25, 0.3) is 0 Å². The first-order valence-electron chi connectivity index (χ1n) is 9.36. The molecule has 7 unspecified atom stereocenters. The number of nitrogens with zero attached hydrogens (tertiary/aromatic N) is 1. The highest BCUT2D eigenvalue weighted by molar-refractivity contribution is 5.11. The molecule has 5 rings (SSSR count). The Morgan fingerprint density at radius 1 is 0.600 bits per heavy atom. The van der Waals surface area contributed by atoms with Crippen LogP contribution in [-0.4, -0.2) is 35.2 Å². The van der Waals surface area contributed by atoms with Gasteiger partial charge in [0.2, 0.25) is 0 Å². The summed E-state index contributed by atoms with van der Waals surface area (Å²) in [5, 5.41) is 0. The zero-order valence-electron chi connectivity index (χ0n) is 12.7. The Morgan fingerprint density at radius 3 is 2.25 bits per heavy atom. The van der Waals surface area contributed by atoms with Crippen molar-refractivity contribution in [3.63, 3.8) is 0 Å². The number of morpholine rings is 1. The lowest BCUT2D eigenvalue weighted by molar-refractivity contribution is -0.177.